The van der Waals surface area contributed by atoms with Crippen molar-refractivity contribution in [1.29, 1.82) is 0 Å². The number of nitrogens with one attached hydrogen (secondary N) is 1. The number of amides is 2. The van der Waals surface area contributed by atoms with E-state index in [4.69, 9.17) is 10.5 Å². The van der Waals surface area contributed by atoms with Gasteiger partial charge in [0.15, 0.2) is 0 Å². The number of sulfonamides is 1. The van der Waals surface area contributed by atoms with E-state index in [1.807, 2.05) is 0 Å². The first-order valence-electron chi connectivity index (χ1n) is 9.01. The maximum Gasteiger partial charge on any atom is 0.255 e. The average molecular weight is 444 g/mol. The van der Waals surface area contributed by atoms with Crippen LogP contribution in [0.5, 0.6) is 0 Å². The van der Waals surface area contributed by atoms with Crippen LogP contribution in [-0.2, 0) is 19.6 Å². The summed E-state index contributed by atoms with van der Waals surface area (Å²) in [5.74, 6) is -3.29. The van der Waals surface area contributed by atoms with E-state index < -0.39 is 38.9 Å². The lowest BCUT2D eigenvalue weighted by atomic mass is 10.1. The minimum absolute atomic E-state index is 0.0610. The number of carbonyl (C=O) groups excluding carboxylic acids is 2. The van der Waals surface area contributed by atoms with Crippen LogP contribution in [0.25, 0.3) is 0 Å². The van der Waals surface area contributed by atoms with Crippen LogP contribution in [0.3, 0.4) is 0 Å². The molecule has 0 aliphatic carbocycles. The lowest BCUT2D eigenvalue weighted by Gasteiger charge is -2.30. The van der Waals surface area contributed by atoms with Crippen molar-refractivity contribution >= 4 is 33.6 Å². The second-order valence-corrected chi connectivity index (χ2v) is 10.2. The first kappa shape index (κ1) is 21.8. The molecule has 2 unspecified atom stereocenters. The molecule has 1 fully saturated rings. The Morgan fingerprint density at radius 1 is 1.28 bits per heavy atom. The third-order valence-corrected chi connectivity index (χ3v) is 8.60. The molecule has 8 nitrogen and oxygen atoms in total. The highest BCUT2D eigenvalue weighted by Gasteiger charge is 2.41. The second-order valence-electron chi connectivity index (χ2n) is 6.77. The average Bonchev–Trinajstić information content (AvgIpc) is 3.13. The number of ether oxygens (including phenoxy) is 1. The van der Waals surface area contributed by atoms with Gasteiger partial charge in [0, 0.05) is 26.3 Å². The number of halogens is 1. The smallest absolute Gasteiger partial charge is 0.255 e. The Bertz CT molecular complexity index is 931. The molecule has 0 spiro atoms. The predicted molar refractivity (Wildman–Crippen MR) is 107 cm³/mol. The zero-order valence-electron chi connectivity index (χ0n) is 15.7. The van der Waals surface area contributed by atoms with E-state index in [9.17, 15) is 22.4 Å². The van der Waals surface area contributed by atoms with Crippen LogP contribution in [0.4, 0.5) is 4.39 Å². The van der Waals surface area contributed by atoms with E-state index in [2.05, 4.69) is 5.32 Å². The number of primary amides is 1. The normalized spacial score (nSPS) is 23.1. The standard InChI is InChI=1S/C18H22FN3O5S2/c1-22(11-6-8-27-9-7-11)29(25,26)15-10-13(16(20)23)18(28-15)21-17(24)12-4-2-3-5-14(12)19/h2-5,10-11,13,18H,6-9H2,1H3,(H2,20,23)(H,21,24). The van der Waals surface area contributed by atoms with Crippen molar-refractivity contribution < 1.29 is 27.1 Å². The highest BCUT2D eigenvalue weighted by Crippen LogP contribution is 2.40. The molecule has 3 N–H and O–H groups in total. The van der Waals surface area contributed by atoms with Crippen LogP contribution in [-0.4, -0.2) is 56.2 Å². The van der Waals surface area contributed by atoms with Gasteiger partial charge in [0.05, 0.1) is 16.9 Å². The molecule has 2 atom stereocenters. The molecule has 29 heavy (non-hydrogen) atoms. The van der Waals surface area contributed by atoms with E-state index in [0.29, 0.717) is 26.1 Å². The van der Waals surface area contributed by atoms with Gasteiger partial charge in [-0.05, 0) is 31.1 Å². The number of nitrogens with two attached hydrogens (primary N) is 1. The predicted octanol–water partition coefficient (Wildman–Crippen LogP) is 1.01. The van der Waals surface area contributed by atoms with E-state index >= 15 is 0 Å². The molecule has 0 radical (unpaired) electrons. The van der Waals surface area contributed by atoms with Gasteiger partial charge in [-0.15, -0.1) is 0 Å². The highest BCUT2D eigenvalue weighted by atomic mass is 32.3. The summed E-state index contributed by atoms with van der Waals surface area (Å²) in [5, 5.41) is 1.56. The first-order valence-corrected chi connectivity index (χ1v) is 11.3. The summed E-state index contributed by atoms with van der Waals surface area (Å²) < 4.78 is 46.4. The molecule has 0 bridgehead atoms. The Hall–Kier alpha value is -1.95. The van der Waals surface area contributed by atoms with Gasteiger partial charge in [-0.2, -0.15) is 4.31 Å². The lowest BCUT2D eigenvalue weighted by molar-refractivity contribution is -0.120. The molecule has 0 aromatic heterocycles. The number of hydrogen-bond donors (Lipinski definition) is 2. The van der Waals surface area contributed by atoms with E-state index in [-0.39, 0.29) is 15.8 Å². The molecule has 3 rings (SSSR count). The molecule has 0 saturated carbocycles. The number of hydrogen-bond acceptors (Lipinski definition) is 6. The SMILES string of the molecule is CN(C1CCOCC1)S(=O)(=O)C1=CC(C(N)=O)C(NC(=O)c2ccccc2F)S1. The molecular formula is C18H22FN3O5S2. The van der Waals surface area contributed by atoms with Gasteiger partial charge in [-0.3, -0.25) is 9.59 Å². The minimum Gasteiger partial charge on any atom is -0.381 e. The van der Waals surface area contributed by atoms with Gasteiger partial charge in [0.1, 0.15) is 10.1 Å². The van der Waals surface area contributed by atoms with Crippen LogP contribution in [0.15, 0.2) is 34.6 Å². The number of rotatable bonds is 6. The summed E-state index contributed by atoms with van der Waals surface area (Å²) in [6.07, 6.45) is 2.39. The third-order valence-electron chi connectivity index (χ3n) is 4.94. The van der Waals surface area contributed by atoms with Crippen LogP contribution in [0.1, 0.15) is 23.2 Å². The fourth-order valence-electron chi connectivity index (χ4n) is 3.21. The number of nitrogens with zero attached hydrogens (tertiary/aromatic N) is 1. The Kier molecular flexibility index (Phi) is 6.62. The van der Waals surface area contributed by atoms with Crippen molar-refractivity contribution in [1.82, 2.24) is 9.62 Å². The van der Waals surface area contributed by atoms with Crippen LogP contribution < -0.4 is 11.1 Å². The van der Waals surface area contributed by atoms with Crippen molar-refractivity contribution in [2.24, 2.45) is 11.7 Å². The van der Waals surface area contributed by atoms with Gasteiger partial charge in [0.25, 0.3) is 5.91 Å². The Labute approximate surface area is 172 Å². The Morgan fingerprint density at radius 2 is 1.93 bits per heavy atom. The molecule has 2 heterocycles. The zero-order chi connectivity index (χ0) is 21.2. The molecule has 2 amide bonds. The second kappa shape index (κ2) is 8.82. The summed E-state index contributed by atoms with van der Waals surface area (Å²) in [7, 11) is -2.39. The lowest BCUT2D eigenvalue weighted by Crippen LogP contribution is -2.41. The van der Waals surface area contributed by atoms with Crippen LogP contribution in [0, 0.1) is 11.7 Å². The van der Waals surface area contributed by atoms with Crippen molar-refractivity contribution in [2.75, 3.05) is 20.3 Å². The molecule has 1 aromatic carbocycles. The Morgan fingerprint density at radius 3 is 2.55 bits per heavy atom. The van der Waals surface area contributed by atoms with Crippen molar-refractivity contribution in [3.05, 3.63) is 46.0 Å². The van der Waals surface area contributed by atoms with Crippen LogP contribution >= 0.6 is 11.8 Å². The number of benzene rings is 1. The maximum atomic E-state index is 13.9. The van der Waals surface area contributed by atoms with Gasteiger partial charge in [-0.1, -0.05) is 23.9 Å². The van der Waals surface area contributed by atoms with Crippen LogP contribution in [0.2, 0.25) is 0 Å². The van der Waals surface area contributed by atoms with Gasteiger partial charge in [-0.25, -0.2) is 12.8 Å². The summed E-state index contributed by atoms with van der Waals surface area (Å²) in [5.41, 5.74) is 5.21. The van der Waals surface area contributed by atoms with Crippen molar-refractivity contribution in [3.63, 3.8) is 0 Å². The van der Waals surface area contributed by atoms with E-state index in [1.54, 1.807) is 0 Å². The fraction of sp³-hybridized carbons (Fsp3) is 0.444. The quantitative estimate of drug-likeness (QED) is 0.677. The maximum absolute atomic E-state index is 13.9. The Balaban J connectivity index is 1.78. The summed E-state index contributed by atoms with van der Waals surface area (Å²) >= 11 is 0.820. The largest absolute Gasteiger partial charge is 0.381 e. The molecule has 1 saturated heterocycles. The van der Waals surface area contributed by atoms with Gasteiger partial charge >= 0.3 is 0 Å². The summed E-state index contributed by atoms with van der Waals surface area (Å²) in [4.78, 5) is 24.3. The van der Waals surface area contributed by atoms with Gasteiger partial charge < -0.3 is 15.8 Å². The third kappa shape index (κ3) is 4.63. The molecule has 2 aliphatic rings. The highest BCUT2D eigenvalue weighted by molar-refractivity contribution is 8.18. The fourth-order valence-corrected chi connectivity index (χ4v) is 6.56. The first-order chi connectivity index (χ1) is 13.7. The molecule has 1 aromatic rings. The van der Waals surface area contributed by atoms with E-state index in [0.717, 1.165) is 17.8 Å². The molecule has 2 aliphatic heterocycles. The van der Waals surface area contributed by atoms with Gasteiger partial charge in [0.2, 0.25) is 15.9 Å². The summed E-state index contributed by atoms with van der Waals surface area (Å²) in [6, 6.07) is 5.17. The number of carbonyl (C=O) groups is 2. The van der Waals surface area contributed by atoms with Crippen molar-refractivity contribution in [2.45, 2.75) is 24.3 Å². The van der Waals surface area contributed by atoms with Crippen molar-refractivity contribution in [3.8, 4) is 0 Å². The molecular weight excluding hydrogens is 421 g/mol. The van der Waals surface area contributed by atoms with E-state index in [1.165, 1.54) is 35.6 Å². The summed E-state index contributed by atoms with van der Waals surface area (Å²) in [6.45, 7) is 0.948. The molecule has 158 valence electrons. The molecule has 11 heteroatoms. The minimum atomic E-state index is -3.88. The zero-order valence-corrected chi connectivity index (χ0v) is 17.3. The monoisotopic (exact) mass is 443 g/mol. The number of thioether (sulfide) groups is 1. The topological polar surface area (TPSA) is 119 Å².